The van der Waals surface area contributed by atoms with Gasteiger partial charge in [0.05, 0.1) is 6.20 Å². The number of benzene rings is 1. The molecule has 1 aromatic carbocycles. The van der Waals surface area contributed by atoms with Gasteiger partial charge in [0, 0.05) is 19.2 Å². The van der Waals surface area contributed by atoms with Crippen LogP contribution in [0.1, 0.15) is 13.3 Å². The molecule has 1 N–H and O–H groups in total. The molecule has 0 aliphatic carbocycles. The monoisotopic (exact) mass is 284 g/mol. The van der Waals surface area contributed by atoms with E-state index in [1.165, 1.54) is 0 Å². The van der Waals surface area contributed by atoms with Crippen LogP contribution in [0.4, 0.5) is 0 Å². The zero-order chi connectivity index (χ0) is 15.0. The molecular formula is C15H16N4O2. The van der Waals surface area contributed by atoms with Crippen molar-refractivity contribution in [1.82, 2.24) is 19.3 Å². The molecule has 0 radical (unpaired) electrons. The average molecular weight is 284 g/mol. The zero-order valence-corrected chi connectivity index (χ0v) is 11.9. The smallest absolute Gasteiger partial charge is 0.279 e. The summed E-state index contributed by atoms with van der Waals surface area (Å²) in [6, 6.07) is 6.69. The fourth-order valence-corrected chi connectivity index (χ4v) is 2.42. The minimum Gasteiger partial charge on any atom is -0.508 e. The van der Waals surface area contributed by atoms with Gasteiger partial charge in [0.2, 0.25) is 0 Å². The summed E-state index contributed by atoms with van der Waals surface area (Å²) >= 11 is 0. The van der Waals surface area contributed by atoms with Crippen LogP contribution in [0.3, 0.4) is 0 Å². The van der Waals surface area contributed by atoms with Crippen molar-refractivity contribution >= 4 is 11.0 Å². The number of nitrogens with zero attached hydrogens (tertiary/aromatic N) is 4. The van der Waals surface area contributed by atoms with Crippen LogP contribution >= 0.6 is 0 Å². The number of fused-ring (bicyclic) bond motifs is 1. The van der Waals surface area contributed by atoms with Crippen LogP contribution in [-0.4, -0.2) is 24.4 Å². The number of aromatic hydroxyl groups is 1. The van der Waals surface area contributed by atoms with Crippen LogP contribution in [0.15, 0.2) is 35.3 Å². The molecule has 21 heavy (non-hydrogen) atoms. The van der Waals surface area contributed by atoms with E-state index in [4.69, 9.17) is 0 Å². The van der Waals surface area contributed by atoms with Gasteiger partial charge in [-0.1, -0.05) is 6.92 Å². The second-order valence-corrected chi connectivity index (χ2v) is 4.94. The molecule has 0 unspecified atom stereocenters. The molecule has 6 nitrogen and oxygen atoms in total. The van der Waals surface area contributed by atoms with Gasteiger partial charge in [-0.25, -0.2) is 4.98 Å². The Balaban J connectivity index is 2.32. The van der Waals surface area contributed by atoms with Crippen molar-refractivity contribution in [2.24, 2.45) is 7.05 Å². The molecule has 0 aliphatic heterocycles. The summed E-state index contributed by atoms with van der Waals surface area (Å²) in [6.07, 6.45) is 2.42. The summed E-state index contributed by atoms with van der Waals surface area (Å²) in [5.74, 6) is 0.785. The standard InChI is InChI=1S/C15H16N4O2/c1-3-8-19-14(10-4-6-11(20)7-5-10)17-12-9-16-18(2)13(12)15(19)21/h4-7,9,20H,3,8H2,1-2H3. The minimum atomic E-state index is -0.0927. The molecule has 0 saturated carbocycles. The quantitative estimate of drug-likeness (QED) is 0.797. The first kappa shape index (κ1) is 13.4. The SMILES string of the molecule is CCCn1c(-c2ccc(O)cc2)nc2cnn(C)c2c1=O. The maximum absolute atomic E-state index is 12.7. The van der Waals surface area contributed by atoms with E-state index < -0.39 is 0 Å². The highest BCUT2D eigenvalue weighted by Crippen LogP contribution is 2.21. The highest BCUT2D eigenvalue weighted by Gasteiger charge is 2.15. The van der Waals surface area contributed by atoms with Crippen molar-refractivity contribution in [3.63, 3.8) is 0 Å². The molecule has 0 fully saturated rings. The van der Waals surface area contributed by atoms with Crippen LogP contribution in [0.5, 0.6) is 5.75 Å². The third kappa shape index (κ3) is 2.18. The number of phenols is 1. The van der Waals surface area contributed by atoms with E-state index in [0.717, 1.165) is 12.0 Å². The second-order valence-electron chi connectivity index (χ2n) is 4.94. The van der Waals surface area contributed by atoms with Gasteiger partial charge in [0.15, 0.2) is 5.52 Å². The summed E-state index contributed by atoms with van der Waals surface area (Å²) in [5.41, 5.74) is 1.79. The first-order chi connectivity index (χ1) is 10.1. The Kier molecular flexibility index (Phi) is 3.21. The van der Waals surface area contributed by atoms with Gasteiger partial charge in [-0.2, -0.15) is 5.10 Å². The average Bonchev–Trinajstić information content (AvgIpc) is 2.84. The van der Waals surface area contributed by atoms with Crippen molar-refractivity contribution in [2.75, 3.05) is 0 Å². The van der Waals surface area contributed by atoms with Gasteiger partial charge in [0.1, 0.15) is 17.1 Å². The van der Waals surface area contributed by atoms with Gasteiger partial charge in [-0.3, -0.25) is 14.0 Å². The largest absolute Gasteiger partial charge is 0.508 e. The highest BCUT2D eigenvalue weighted by molar-refractivity contribution is 5.76. The molecule has 3 rings (SSSR count). The Bertz CT molecular complexity index is 846. The van der Waals surface area contributed by atoms with Gasteiger partial charge in [-0.15, -0.1) is 0 Å². The van der Waals surface area contributed by atoms with Gasteiger partial charge in [0.25, 0.3) is 5.56 Å². The number of phenolic OH excluding ortho intramolecular Hbond substituents is 1. The lowest BCUT2D eigenvalue weighted by Gasteiger charge is -2.12. The lowest BCUT2D eigenvalue weighted by molar-refractivity contribution is 0.475. The summed E-state index contributed by atoms with van der Waals surface area (Å²) in [7, 11) is 1.74. The predicted molar refractivity (Wildman–Crippen MR) is 80.2 cm³/mol. The number of hydrogen-bond acceptors (Lipinski definition) is 4. The molecule has 0 saturated heterocycles. The molecule has 0 atom stereocenters. The van der Waals surface area contributed by atoms with Crippen molar-refractivity contribution in [2.45, 2.75) is 19.9 Å². The first-order valence-corrected chi connectivity index (χ1v) is 6.83. The Morgan fingerprint density at radius 1 is 1.24 bits per heavy atom. The van der Waals surface area contributed by atoms with E-state index in [0.29, 0.717) is 23.4 Å². The Morgan fingerprint density at radius 3 is 2.62 bits per heavy atom. The topological polar surface area (TPSA) is 72.9 Å². The van der Waals surface area contributed by atoms with Gasteiger partial charge in [-0.05, 0) is 30.7 Å². The number of aromatic nitrogens is 4. The Hall–Kier alpha value is -2.63. The fraction of sp³-hybridized carbons (Fsp3) is 0.267. The molecule has 0 bridgehead atoms. The predicted octanol–water partition coefficient (Wildman–Crippen LogP) is 1.91. The van der Waals surface area contributed by atoms with Crippen molar-refractivity contribution in [3.05, 3.63) is 40.8 Å². The van der Waals surface area contributed by atoms with Crippen molar-refractivity contribution in [1.29, 1.82) is 0 Å². The van der Waals surface area contributed by atoms with Gasteiger partial charge >= 0.3 is 0 Å². The van der Waals surface area contributed by atoms with Crippen molar-refractivity contribution in [3.8, 4) is 17.1 Å². The Morgan fingerprint density at radius 2 is 1.95 bits per heavy atom. The number of hydrogen-bond donors (Lipinski definition) is 1. The summed E-state index contributed by atoms with van der Waals surface area (Å²) in [5, 5.41) is 13.5. The molecule has 6 heteroatoms. The zero-order valence-electron chi connectivity index (χ0n) is 11.9. The highest BCUT2D eigenvalue weighted by atomic mass is 16.3. The molecule has 3 aromatic rings. The molecule has 0 aliphatic rings. The van der Waals surface area contributed by atoms with Crippen LogP contribution in [0.25, 0.3) is 22.4 Å². The summed E-state index contributed by atoms with van der Waals surface area (Å²) < 4.78 is 3.22. The van der Waals surface area contributed by atoms with Crippen LogP contribution in [0.2, 0.25) is 0 Å². The maximum Gasteiger partial charge on any atom is 0.279 e. The molecule has 0 spiro atoms. The van der Waals surface area contributed by atoms with E-state index in [-0.39, 0.29) is 11.3 Å². The third-order valence-electron chi connectivity index (χ3n) is 3.42. The van der Waals surface area contributed by atoms with E-state index >= 15 is 0 Å². The van der Waals surface area contributed by atoms with E-state index in [9.17, 15) is 9.90 Å². The van der Waals surface area contributed by atoms with Crippen molar-refractivity contribution < 1.29 is 5.11 Å². The molecule has 2 heterocycles. The lowest BCUT2D eigenvalue weighted by atomic mass is 10.2. The molecule has 108 valence electrons. The van der Waals surface area contributed by atoms with E-state index in [1.807, 2.05) is 6.92 Å². The lowest BCUT2D eigenvalue weighted by Crippen LogP contribution is -2.24. The normalized spacial score (nSPS) is 11.1. The summed E-state index contributed by atoms with van der Waals surface area (Å²) in [6.45, 7) is 2.60. The summed E-state index contributed by atoms with van der Waals surface area (Å²) in [4.78, 5) is 17.2. The molecular weight excluding hydrogens is 268 g/mol. The molecule has 0 amide bonds. The maximum atomic E-state index is 12.7. The van der Waals surface area contributed by atoms with Crippen LogP contribution < -0.4 is 5.56 Å². The van der Waals surface area contributed by atoms with Crippen LogP contribution in [0, 0.1) is 0 Å². The van der Waals surface area contributed by atoms with E-state index in [1.54, 1.807) is 46.8 Å². The second kappa shape index (κ2) is 5.05. The van der Waals surface area contributed by atoms with Gasteiger partial charge < -0.3 is 5.11 Å². The fourth-order valence-electron chi connectivity index (χ4n) is 2.42. The third-order valence-corrected chi connectivity index (χ3v) is 3.42. The first-order valence-electron chi connectivity index (χ1n) is 6.83. The molecule has 2 aromatic heterocycles. The van der Waals surface area contributed by atoms with Crippen LogP contribution in [-0.2, 0) is 13.6 Å². The van der Waals surface area contributed by atoms with E-state index in [2.05, 4.69) is 10.1 Å². The Labute approximate surface area is 121 Å². The minimum absolute atomic E-state index is 0.0927. The number of aryl methyl sites for hydroxylation is 1. The number of rotatable bonds is 3.